The van der Waals surface area contributed by atoms with Crippen LogP contribution in [-0.2, 0) is 11.0 Å². The molecule has 0 bridgehead atoms. The van der Waals surface area contributed by atoms with E-state index in [1.54, 1.807) is 6.07 Å². The molecular formula is C19H21F3N4O. The van der Waals surface area contributed by atoms with E-state index >= 15 is 0 Å². The van der Waals surface area contributed by atoms with Gasteiger partial charge in [0, 0.05) is 37.7 Å². The molecule has 0 aliphatic carbocycles. The molecule has 1 amide bonds. The van der Waals surface area contributed by atoms with Crippen LogP contribution in [0.5, 0.6) is 0 Å². The van der Waals surface area contributed by atoms with E-state index in [2.05, 4.69) is 20.2 Å². The van der Waals surface area contributed by atoms with Crippen molar-refractivity contribution < 1.29 is 18.0 Å². The molecular weight excluding hydrogens is 357 g/mol. The van der Waals surface area contributed by atoms with Crippen molar-refractivity contribution in [2.24, 2.45) is 0 Å². The average Bonchev–Trinajstić information content (AvgIpc) is 2.61. The Morgan fingerprint density at radius 1 is 1.19 bits per heavy atom. The zero-order valence-corrected chi connectivity index (χ0v) is 15.2. The van der Waals surface area contributed by atoms with E-state index in [-0.39, 0.29) is 17.5 Å². The third-order valence-corrected chi connectivity index (χ3v) is 4.71. The molecule has 1 aromatic heterocycles. The van der Waals surface area contributed by atoms with Crippen LogP contribution in [0.15, 0.2) is 30.6 Å². The highest BCUT2D eigenvalue weighted by Gasteiger charge is 2.32. The number of carbonyl (C=O) groups excluding carboxylic acids is 1. The van der Waals surface area contributed by atoms with E-state index in [4.69, 9.17) is 0 Å². The van der Waals surface area contributed by atoms with Gasteiger partial charge in [-0.05, 0) is 37.5 Å². The van der Waals surface area contributed by atoms with Crippen LogP contribution in [0.2, 0.25) is 0 Å². The number of alkyl halides is 3. The molecule has 2 heterocycles. The lowest BCUT2D eigenvalue weighted by Crippen LogP contribution is -2.44. The number of carbonyl (C=O) groups is 1. The van der Waals surface area contributed by atoms with Gasteiger partial charge in [0.1, 0.15) is 12.1 Å². The molecule has 0 spiro atoms. The van der Waals surface area contributed by atoms with Gasteiger partial charge in [0.2, 0.25) is 5.91 Å². The quantitative estimate of drug-likeness (QED) is 0.887. The third-order valence-electron chi connectivity index (χ3n) is 4.71. The molecule has 1 aromatic carbocycles. The van der Waals surface area contributed by atoms with E-state index in [1.807, 2.05) is 0 Å². The minimum absolute atomic E-state index is 0.0320. The smallest absolute Gasteiger partial charge is 0.356 e. The van der Waals surface area contributed by atoms with Gasteiger partial charge < -0.3 is 10.2 Å². The minimum Gasteiger partial charge on any atom is -0.356 e. The third kappa shape index (κ3) is 4.56. The average molecular weight is 378 g/mol. The number of hydrogen-bond donors (Lipinski definition) is 1. The minimum atomic E-state index is -4.36. The lowest BCUT2D eigenvalue weighted by molar-refractivity contribution is -0.138. The fourth-order valence-corrected chi connectivity index (χ4v) is 3.36. The fourth-order valence-electron chi connectivity index (χ4n) is 3.36. The fraction of sp³-hybridized carbons (Fsp3) is 0.421. The largest absolute Gasteiger partial charge is 0.416 e. The van der Waals surface area contributed by atoms with Crippen LogP contribution in [0.3, 0.4) is 0 Å². The second-order valence-electron chi connectivity index (χ2n) is 6.75. The second-order valence-corrected chi connectivity index (χ2v) is 6.75. The Bertz CT molecular complexity index is 830. The van der Waals surface area contributed by atoms with Crippen LogP contribution in [0.25, 0.3) is 11.3 Å². The number of anilines is 1. The number of hydrogen-bond acceptors (Lipinski definition) is 4. The van der Waals surface area contributed by atoms with Gasteiger partial charge in [-0.2, -0.15) is 13.2 Å². The number of piperidine rings is 1. The Balaban J connectivity index is 1.77. The number of nitrogens with one attached hydrogen (secondary N) is 1. The van der Waals surface area contributed by atoms with E-state index < -0.39 is 11.7 Å². The van der Waals surface area contributed by atoms with E-state index in [0.717, 1.165) is 37.8 Å². The van der Waals surface area contributed by atoms with Crippen molar-refractivity contribution in [3.63, 3.8) is 0 Å². The summed E-state index contributed by atoms with van der Waals surface area (Å²) in [6.07, 6.45) is -1.30. The predicted octanol–water partition coefficient (Wildman–Crippen LogP) is 3.58. The lowest BCUT2D eigenvalue weighted by Gasteiger charge is -2.33. The summed E-state index contributed by atoms with van der Waals surface area (Å²) in [5.41, 5.74) is 0.731. The molecule has 0 unspecified atom stereocenters. The van der Waals surface area contributed by atoms with Crippen LogP contribution in [-0.4, -0.2) is 35.0 Å². The van der Waals surface area contributed by atoms with Gasteiger partial charge in [0.15, 0.2) is 0 Å². The van der Waals surface area contributed by atoms with Crippen molar-refractivity contribution in [3.05, 3.63) is 41.7 Å². The summed E-state index contributed by atoms with van der Waals surface area (Å²) >= 11 is 0. The number of rotatable bonds is 3. The predicted molar refractivity (Wildman–Crippen MR) is 96.3 cm³/mol. The summed E-state index contributed by atoms with van der Waals surface area (Å²) < 4.78 is 38.8. The van der Waals surface area contributed by atoms with Crippen LogP contribution in [0.1, 0.15) is 30.9 Å². The maximum absolute atomic E-state index is 12.9. The van der Waals surface area contributed by atoms with E-state index in [9.17, 15) is 18.0 Å². The molecule has 1 aliphatic rings. The van der Waals surface area contributed by atoms with Crippen molar-refractivity contribution in [3.8, 4) is 11.3 Å². The molecule has 1 saturated heterocycles. The molecule has 144 valence electrons. The summed E-state index contributed by atoms with van der Waals surface area (Å²) in [4.78, 5) is 21.8. The number of aryl methyl sites for hydroxylation is 1. The number of amides is 1. The maximum Gasteiger partial charge on any atom is 0.416 e. The number of benzene rings is 1. The van der Waals surface area contributed by atoms with Crippen molar-refractivity contribution in [1.29, 1.82) is 0 Å². The Morgan fingerprint density at radius 3 is 2.48 bits per heavy atom. The van der Waals surface area contributed by atoms with Gasteiger partial charge in [0.05, 0.1) is 11.3 Å². The monoisotopic (exact) mass is 378 g/mol. The van der Waals surface area contributed by atoms with Gasteiger partial charge in [-0.15, -0.1) is 0 Å². The molecule has 0 atom stereocenters. The van der Waals surface area contributed by atoms with Gasteiger partial charge in [-0.25, -0.2) is 9.97 Å². The summed E-state index contributed by atoms with van der Waals surface area (Å²) in [5.74, 6) is 0.703. The van der Waals surface area contributed by atoms with Crippen molar-refractivity contribution in [2.75, 3.05) is 18.0 Å². The molecule has 0 radical (unpaired) electrons. The van der Waals surface area contributed by atoms with Crippen LogP contribution in [0, 0.1) is 6.92 Å². The molecule has 1 aliphatic heterocycles. The highest BCUT2D eigenvalue weighted by atomic mass is 19.4. The van der Waals surface area contributed by atoms with Crippen LogP contribution < -0.4 is 10.2 Å². The first kappa shape index (κ1) is 19.1. The Morgan fingerprint density at radius 2 is 1.89 bits per heavy atom. The molecule has 2 aromatic rings. The summed E-state index contributed by atoms with van der Waals surface area (Å²) in [5, 5.41) is 2.92. The van der Waals surface area contributed by atoms with Gasteiger partial charge in [-0.1, -0.05) is 6.07 Å². The first-order chi connectivity index (χ1) is 12.7. The molecule has 27 heavy (non-hydrogen) atoms. The van der Waals surface area contributed by atoms with Crippen LogP contribution >= 0.6 is 0 Å². The standard InChI is InChI=1S/C19H21F3N4O/c1-12-9-14(3-4-16(12)19(20,21)22)17-10-18(24-11-23-17)26-7-5-15(6-8-26)25-13(2)27/h3-4,9-11,15H,5-8H2,1-2H3,(H,25,27). The van der Waals surface area contributed by atoms with Crippen molar-refractivity contribution in [2.45, 2.75) is 38.9 Å². The van der Waals surface area contributed by atoms with Crippen molar-refractivity contribution in [1.82, 2.24) is 15.3 Å². The first-order valence-corrected chi connectivity index (χ1v) is 8.76. The summed E-state index contributed by atoms with van der Waals surface area (Å²) in [6.45, 7) is 4.44. The van der Waals surface area contributed by atoms with Gasteiger partial charge >= 0.3 is 6.18 Å². The van der Waals surface area contributed by atoms with E-state index in [0.29, 0.717) is 11.3 Å². The topological polar surface area (TPSA) is 58.1 Å². The Kier molecular flexibility index (Phi) is 5.34. The van der Waals surface area contributed by atoms with Crippen molar-refractivity contribution >= 4 is 11.7 Å². The Hall–Kier alpha value is -2.64. The zero-order chi connectivity index (χ0) is 19.6. The van der Waals surface area contributed by atoms with E-state index in [1.165, 1.54) is 32.3 Å². The normalized spacial score (nSPS) is 15.7. The molecule has 1 fully saturated rings. The highest BCUT2D eigenvalue weighted by molar-refractivity contribution is 5.73. The summed E-state index contributed by atoms with van der Waals surface area (Å²) in [7, 11) is 0. The molecule has 3 rings (SSSR count). The molecule has 1 N–H and O–H groups in total. The maximum atomic E-state index is 12.9. The SMILES string of the molecule is CC(=O)NC1CCN(c2cc(-c3ccc(C(F)(F)F)c(C)c3)ncn2)CC1. The van der Waals surface area contributed by atoms with Gasteiger partial charge in [-0.3, -0.25) is 4.79 Å². The Labute approximate surface area is 155 Å². The first-order valence-electron chi connectivity index (χ1n) is 8.76. The number of nitrogens with zero attached hydrogens (tertiary/aromatic N) is 3. The van der Waals surface area contributed by atoms with Gasteiger partial charge in [0.25, 0.3) is 0 Å². The summed E-state index contributed by atoms with van der Waals surface area (Å²) in [6, 6.07) is 5.98. The zero-order valence-electron chi connectivity index (χ0n) is 15.2. The second kappa shape index (κ2) is 7.54. The number of aromatic nitrogens is 2. The highest BCUT2D eigenvalue weighted by Crippen LogP contribution is 2.34. The molecule has 5 nitrogen and oxygen atoms in total. The molecule has 0 saturated carbocycles. The number of halogens is 3. The lowest BCUT2D eigenvalue weighted by atomic mass is 10.0. The molecule has 8 heteroatoms. The van der Waals surface area contributed by atoms with Crippen LogP contribution in [0.4, 0.5) is 19.0 Å².